The summed E-state index contributed by atoms with van der Waals surface area (Å²) in [6.45, 7) is 8.32. The maximum atomic E-state index is 13.4. The van der Waals surface area contributed by atoms with Gasteiger partial charge in [-0.3, -0.25) is 4.79 Å². The van der Waals surface area contributed by atoms with Crippen LogP contribution in [0.25, 0.3) is 0 Å². The molecule has 1 fully saturated rings. The van der Waals surface area contributed by atoms with Crippen molar-refractivity contribution >= 4 is 23.6 Å². The first-order chi connectivity index (χ1) is 16.0. The number of hydrogen-bond acceptors (Lipinski definition) is 5. The number of methoxy groups -OCH3 is 1. The standard InChI is InChI=1S/C26H33ClN2O5/c1-17(2)22(28-24(31)34-21-12-10-20(33-5)11-13-21)23(30)29-15-14-26(32,25(3,4)16-29)18-6-8-19(27)9-7-18/h6-13,17,22,32H,14-16H2,1-5H3,(H,28,31)/t22-,26+/m1/s1. The van der Waals surface area contributed by atoms with Crippen molar-refractivity contribution < 1.29 is 24.2 Å². The number of rotatable bonds is 6. The van der Waals surface area contributed by atoms with Crippen LogP contribution < -0.4 is 14.8 Å². The van der Waals surface area contributed by atoms with Gasteiger partial charge < -0.3 is 24.8 Å². The summed E-state index contributed by atoms with van der Waals surface area (Å²) in [7, 11) is 1.56. The van der Waals surface area contributed by atoms with Crippen LogP contribution in [0, 0.1) is 11.3 Å². The van der Waals surface area contributed by atoms with E-state index >= 15 is 0 Å². The number of hydrogen-bond donors (Lipinski definition) is 2. The van der Waals surface area contributed by atoms with Crippen LogP contribution in [0.2, 0.25) is 5.02 Å². The van der Waals surface area contributed by atoms with Gasteiger partial charge in [-0.2, -0.15) is 0 Å². The van der Waals surface area contributed by atoms with E-state index in [9.17, 15) is 14.7 Å². The van der Waals surface area contributed by atoms with Crippen molar-refractivity contribution in [1.29, 1.82) is 0 Å². The second kappa shape index (κ2) is 10.2. The minimum atomic E-state index is -1.11. The molecule has 3 rings (SSSR count). The molecule has 2 N–H and O–H groups in total. The minimum Gasteiger partial charge on any atom is -0.497 e. The Morgan fingerprint density at radius 2 is 1.65 bits per heavy atom. The van der Waals surface area contributed by atoms with E-state index in [1.807, 2.05) is 39.8 Å². The number of nitrogens with one attached hydrogen (secondary N) is 1. The monoisotopic (exact) mass is 488 g/mol. The number of carbonyl (C=O) groups is 2. The highest BCUT2D eigenvalue weighted by Gasteiger charge is 2.50. The van der Waals surface area contributed by atoms with E-state index in [1.165, 1.54) is 0 Å². The molecule has 7 nitrogen and oxygen atoms in total. The molecule has 8 heteroatoms. The topological polar surface area (TPSA) is 88.1 Å². The van der Waals surface area contributed by atoms with Crippen molar-refractivity contribution in [2.75, 3.05) is 20.2 Å². The fourth-order valence-electron chi connectivity index (χ4n) is 4.39. The molecule has 1 aliphatic heterocycles. The van der Waals surface area contributed by atoms with Gasteiger partial charge in [-0.1, -0.05) is 51.4 Å². The molecule has 0 unspecified atom stereocenters. The van der Waals surface area contributed by atoms with Gasteiger partial charge in [0.25, 0.3) is 0 Å². The third-order valence-corrected chi connectivity index (χ3v) is 6.81. The average Bonchev–Trinajstić information content (AvgIpc) is 2.79. The number of halogens is 1. The van der Waals surface area contributed by atoms with Crippen LogP contribution in [0.4, 0.5) is 4.79 Å². The summed E-state index contributed by atoms with van der Waals surface area (Å²) < 4.78 is 10.5. The van der Waals surface area contributed by atoms with Crippen molar-refractivity contribution in [3.05, 3.63) is 59.1 Å². The zero-order valence-electron chi connectivity index (χ0n) is 20.3. The molecule has 0 bridgehead atoms. The van der Waals surface area contributed by atoms with E-state index in [0.29, 0.717) is 36.0 Å². The molecule has 0 spiro atoms. The lowest BCUT2D eigenvalue weighted by Gasteiger charge is -2.51. The van der Waals surface area contributed by atoms with Crippen molar-refractivity contribution in [3.8, 4) is 11.5 Å². The van der Waals surface area contributed by atoms with Crippen molar-refractivity contribution in [1.82, 2.24) is 10.2 Å². The number of nitrogens with zero attached hydrogens (tertiary/aromatic N) is 1. The number of piperidine rings is 1. The molecule has 1 saturated heterocycles. The number of aliphatic hydroxyl groups is 1. The fourth-order valence-corrected chi connectivity index (χ4v) is 4.51. The number of amides is 2. The molecule has 2 aromatic carbocycles. The highest BCUT2D eigenvalue weighted by Crippen LogP contribution is 2.46. The third-order valence-electron chi connectivity index (χ3n) is 6.56. The molecule has 2 aromatic rings. The van der Waals surface area contributed by atoms with E-state index in [1.54, 1.807) is 48.4 Å². The molecule has 0 saturated carbocycles. The van der Waals surface area contributed by atoms with E-state index < -0.39 is 23.2 Å². The number of carbonyl (C=O) groups excluding carboxylic acids is 2. The van der Waals surface area contributed by atoms with Gasteiger partial charge in [0.15, 0.2) is 0 Å². The summed E-state index contributed by atoms with van der Waals surface area (Å²) in [5, 5.41) is 14.9. The summed E-state index contributed by atoms with van der Waals surface area (Å²) >= 11 is 6.02. The first kappa shape index (κ1) is 25.8. The van der Waals surface area contributed by atoms with Gasteiger partial charge in [0.1, 0.15) is 17.5 Å². The Bertz CT molecular complexity index is 1010. The molecular weight excluding hydrogens is 456 g/mol. The maximum Gasteiger partial charge on any atom is 0.413 e. The summed E-state index contributed by atoms with van der Waals surface area (Å²) in [6.07, 6.45) is -0.333. The summed E-state index contributed by atoms with van der Waals surface area (Å²) in [6, 6.07) is 13.0. The Hall–Kier alpha value is -2.77. The Morgan fingerprint density at radius 3 is 2.18 bits per heavy atom. The molecular formula is C26H33ClN2O5. The van der Waals surface area contributed by atoms with Gasteiger partial charge in [0.05, 0.1) is 12.7 Å². The maximum absolute atomic E-state index is 13.4. The number of ether oxygens (including phenoxy) is 2. The van der Waals surface area contributed by atoms with Crippen LogP contribution in [0.5, 0.6) is 11.5 Å². The zero-order chi connectivity index (χ0) is 25.1. The SMILES string of the molecule is COc1ccc(OC(=O)N[C@@H](C(=O)N2CC[C@](O)(c3ccc(Cl)cc3)C(C)(C)C2)C(C)C)cc1. The van der Waals surface area contributed by atoms with Crippen LogP contribution in [0.15, 0.2) is 48.5 Å². The van der Waals surface area contributed by atoms with Gasteiger partial charge in [-0.15, -0.1) is 0 Å². The van der Waals surface area contributed by atoms with Crippen molar-refractivity contribution in [2.45, 2.75) is 45.8 Å². The molecule has 1 heterocycles. The average molecular weight is 489 g/mol. The normalized spacial score (nSPS) is 20.5. The van der Waals surface area contributed by atoms with Gasteiger partial charge in [-0.25, -0.2) is 4.79 Å². The Balaban J connectivity index is 1.69. The second-order valence-corrected chi connectivity index (χ2v) is 10.1. The Morgan fingerprint density at radius 1 is 1.06 bits per heavy atom. The molecule has 2 atom stereocenters. The minimum absolute atomic E-state index is 0.156. The predicted octanol–water partition coefficient (Wildman–Crippen LogP) is 4.61. The van der Waals surface area contributed by atoms with Crippen LogP contribution in [0.3, 0.4) is 0 Å². The number of benzene rings is 2. The van der Waals surface area contributed by atoms with Crippen LogP contribution in [-0.2, 0) is 10.4 Å². The quantitative estimate of drug-likeness (QED) is 0.620. The van der Waals surface area contributed by atoms with Crippen LogP contribution in [0.1, 0.15) is 39.7 Å². The summed E-state index contributed by atoms with van der Waals surface area (Å²) in [5.41, 5.74) is -0.960. The lowest BCUT2D eigenvalue weighted by molar-refractivity contribution is -0.155. The third kappa shape index (κ3) is 5.47. The highest BCUT2D eigenvalue weighted by atomic mass is 35.5. The summed E-state index contributed by atoms with van der Waals surface area (Å²) in [5.74, 6) is 0.638. The lowest BCUT2D eigenvalue weighted by atomic mass is 9.66. The molecule has 0 aromatic heterocycles. The molecule has 184 valence electrons. The number of likely N-dealkylation sites (tertiary alicyclic amines) is 1. The first-order valence-electron chi connectivity index (χ1n) is 11.4. The zero-order valence-corrected chi connectivity index (χ0v) is 21.1. The van der Waals surface area contributed by atoms with E-state index in [0.717, 1.165) is 5.56 Å². The lowest BCUT2D eigenvalue weighted by Crippen LogP contribution is -2.60. The predicted molar refractivity (Wildman–Crippen MR) is 131 cm³/mol. The van der Waals surface area contributed by atoms with Crippen molar-refractivity contribution in [3.63, 3.8) is 0 Å². The molecule has 1 aliphatic rings. The van der Waals surface area contributed by atoms with Crippen molar-refractivity contribution in [2.24, 2.45) is 11.3 Å². The van der Waals surface area contributed by atoms with E-state index in [2.05, 4.69) is 5.32 Å². The van der Waals surface area contributed by atoms with Gasteiger partial charge in [0.2, 0.25) is 5.91 Å². The highest BCUT2D eigenvalue weighted by molar-refractivity contribution is 6.30. The molecule has 2 amide bonds. The largest absolute Gasteiger partial charge is 0.497 e. The Kier molecular flexibility index (Phi) is 7.78. The van der Waals surface area contributed by atoms with Gasteiger partial charge in [-0.05, 0) is 54.3 Å². The summed E-state index contributed by atoms with van der Waals surface area (Å²) in [4.78, 5) is 27.7. The second-order valence-electron chi connectivity index (χ2n) is 9.69. The molecule has 0 radical (unpaired) electrons. The fraction of sp³-hybridized carbons (Fsp3) is 0.462. The van der Waals surface area contributed by atoms with E-state index in [4.69, 9.17) is 21.1 Å². The van der Waals surface area contributed by atoms with Gasteiger partial charge >= 0.3 is 6.09 Å². The van der Waals surface area contributed by atoms with Crippen LogP contribution in [-0.4, -0.2) is 48.2 Å². The molecule has 0 aliphatic carbocycles. The van der Waals surface area contributed by atoms with Gasteiger partial charge in [0, 0.05) is 23.5 Å². The first-order valence-corrected chi connectivity index (χ1v) is 11.7. The molecule has 34 heavy (non-hydrogen) atoms. The van der Waals surface area contributed by atoms with E-state index in [-0.39, 0.29) is 11.8 Å². The Labute approximate surface area is 206 Å². The smallest absolute Gasteiger partial charge is 0.413 e. The van der Waals surface area contributed by atoms with Crippen LogP contribution >= 0.6 is 11.6 Å².